The van der Waals surface area contributed by atoms with Gasteiger partial charge < -0.3 is 5.32 Å². The minimum atomic E-state index is -0.372. The first-order valence-electron chi connectivity index (χ1n) is 6.53. The third kappa shape index (κ3) is 2.96. The molecule has 6 nitrogen and oxygen atoms in total. The normalized spacial score (nSPS) is 10.5. The first-order chi connectivity index (χ1) is 10.6. The van der Waals surface area contributed by atoms with E-state index in [4.69, 9.17) is 11.6 Å². The highest BCUT2D eigenvalue weighted by molar-refractivity contribution is 6.34. The molecule has 1 N–H and O–H groups in total. The van der Waals surface area contributed by atoms with E-state index in [1.165, 1.54) is 12.7 Å². The highest BCUT2D eigenvalue weighted by atomic mass is 35.5. The second kappa shape index (κ2) is 5.95. The smallest absolute Gasteiger partial charge is 0.275 e. The fraction of sp³-hybridized carbons (Fsp3) is 0.0667. The van der Waals surface area contributed by atoms with E-state index in [2.05, 4.69) is 20.5 Å². The van der Waals surface area contributed by atoms with Gasteiger partial charge >= 0.3 is 0 Å². The first-order valence-corrected chi connectivity index (χ1v) is 6.91. The molecule has 110 valence electrons. The molecular weight excluding hydrogens is 302 g/mol. The monoisotopic (exact) mass is 313 g/mol. The van der Waals surface area contributed by atoms with Crippen LogP contribution in [0, 0.1) is 6.92 Å². The third-order valence-corrected chi connectivity index (χ3v) is 3.34. The fourth-order valence-corrected chi connectivity index (χ4v) is 2.07. The number of anilines is 1. The van der Waals surface area contributed by atoms with Gasteiger partial charge in [-0.05, 0) is 31.2 Å². The van der Waals surface area contributed by atoms with Crippen molar-refractivity contribution >= 4 is 23.2 Å². The number of carbonyl (C=O) groups excluding carboxylic acids is 1. The molecule has 2 aromatic heterocycles. The zero-order chi connectivity index (χ0) is 15.5. The summed E-state index contributed by atoms with van der Waals surface area (Å²) in [6.07, 6.45) is 3.00. The molecule has 2 heterocycles. The number of aromatic nitrogens is 4. The molecule has 0 fully saturated rings. The lowest BCUT2D eigenvalue weighted by molar-refractivity contribution is 0.102. The average Bonchev–Trinajstić information content (AvgIpc) is 3.04. The highest BCUT2D eigenvalue weighted by Crippen LogP contribution is 2.18. The number of rotatable bonds is 3. The van der Waals surface area contributed by atoms with E-state index in [-0.39, 0.29) is 16.6 Å². The Morgan fingerprint density at radius 2 is 1.77 bits per heavy atom. The lowest BCUT2D eigenvalue weighted by Crippen LogP contribution is -2.15. The van der Waals surface area contributed by atoms with Crippen LogP contribution in [0.5, 0.6) is 0 Å². The summed E-state index contributed by atoms with van der Waals surface area (Å²) in [5.41, 5.74) is 1.94. The van der Waals surface area contributed by atoms with Gasteiger partial charge in [0.2, 0.25) is 0 Å². The zero-order valence-electron chi connectivity index (χ0n) is 11.7. The molecule has 1 amide bonds. The van der Waals surface area contributed by atoms with Crippen molar-refractivity contribution in [3.63, 3.8) is 0 Å². The Morgan fingerprint density at radius 1 is 1.09 bits per heavy atom. The number of amides is 1. The van der Waals surface area contributed by atoms with Crippen LogP contribution >= 0.6 is 11.6 Å². The van der Waals surface area contributed by atoms with Gasteiger partial charge in [-0.2, -0.15) is 0 Å². The Labute approximate surface area is 131 Å². The Hall–Kier alpha value is -2.73. The number of carbonyl (C=O) groups is 1. The number of nitrogens with one attached hydrogen (secondary N) is 1. The lowest BCUT2D eigenvalue weighted by atomic mass is 10.2. The van der Waals surface area contributed by atoms with Crippen molar-refractivity contribution in [2.45, 2.75) is 6.92 Å². The Balaban J connectivity index is 1.88. The zero-order valence-corrected chi connectivity index (χ0v) is 12.4. The summed E-state index contributed by atoms with van der Waals surface area (Å²) >= 11 is 6.08. The van der Waals surface area contributed by atoms with Crippen molar-refractivity contribution in [2.75, 3.05) is 5.32 Å². The second-order valence-corrected chi connectivity index (χ2v) is 5.10. The van der Waals surface area contributed by atoms with Gasteiger partial charge in [-0.25, -0.2) is 4.98 Å². The van der Waals surface area contributed by atoms with Crippen molar-refractivity contribution in [1.29, 1.82) is 0 Å². The topological polar surface area (TPSA) is 72.7 Å². The largest absolute Gasteiger partial charge is 0.321 e. The van der Waals surface area contributed by atoms with Gasteiger partial charge in [0.15, 0.2) is 0 Å². The summed E-state index contributed by atoms with van der Waals surface area (Å²) in [6.45, 7) is 1.98. The highest BCUT2D eigenvalue weighted by Gasteiger charge is 2.14. The minimum absolute atomic E-state index is 0.147. The van der Waals surface area contributed by atoms with E-state index >= 15 is 0 Å². The van der Waals surface area contributed by atoms with Crippen LogP contribution in [0.15, 0.2) is 49.1 Å². The average molecular weight is 314 g/mol. The maximum absolute atomic E-state index is 12.3. The molecule has 7 heteroatoms. The molecule has 0 unspecified atom stereocenters. The van der Waals surface area contributed by atoms with Crippen molar-refractivity contribution in [1.82, 2.24) is 19.7 Å². The Bertz CT molecular complexity index is 799. The maximum atomic E-state index is 12.3. The van der Waals surface area contributed by atoms with Crippen molar-refractivity contribution in [2.24, 2.45) is 0 Å². The van der Waals surface area contributed by atoms with Crippen molar-refractivity contribution in [3.05, 3.63) is 65.3 Å². The maximum Gasteiger partial charge on any atom is 0.275 e. The number of nitrogens with zero attached hydrogens (tertiary/aromatic N) is 4. The number of aryl methyl sites for hydroxylation is 1. The van der Waals surface area contributed by atoms with Crippen LogP contribution in [0.4, 0.5) is 5.69 Å². The van der Waals surface area contributed by atoms with E-state index in [0.717, 1.165) is 5.56 Å². The number of hydrogen-bond acceptors (Lipinski definition) is 4. The summed E-state index contributed by atoms with van der Waals surface area (Å²) in [6, 6.07) is 10.8. The summed E-state index contributed by atoms with van der Waals surface area (Å²) in [7, 11) is 0. The molecule has 0 spiro atoms. The third-order valence-electron chi connectivity index (χ3n) is 3.04. The van der Waals surface area contributed by atoms with Crippen LogP contribution in [0.25, 0.3) is 5.82 Å². The van der Waals surface area contributed by atoms with E-state index in [1.54, 1.807) is 16.7 Å². The van der Waals surface area contributed by atoms with Crippen LogP contribution in [-0.4, -0.2) is 25.7 Å². The van der Waals surface area contributed by atoms with Gasteiger partial charge in [-0.1, -0.05) is 29.3 Å². The molecule has 0 saturated carbocycles. The quantitative estimate of drug-likeness (QED) is 0.807. The molecular formula is C15H12ClN5O. The van der Waals surface area contributed by atoms with E-state index in [0.29, 0.717) is 11.5 Å². The van der Waals surface area contributed by atoms with Crippen LogP contribution in [0.3, 0.4) is 0 Å². The summed E-state index contributed by atoms with van der Waals surface area (Å²) in [4.78, 5) is 16.6. The van der Waals surface area contributed by atoms with Gasteiger partial charge in [0.25, 0.3) is 5.91 Å². The molecule has 0 aliphatic heterocycles. The number of pyridine rings is 1. The van der Waals surface area contributed by atoms with Gasteiger partial charge in [0, 0.05) is 5.69 Å². The van der Waals surface area contributed by atoms with Crippen molar-refractivity contribution < 1.29 is 4.79 Å². The van der Waals surface area contributed by atoms with Gasteiger partial charge in [0.05, 0.1) is 5.02 Å². The van der Waals surface area contributed by atoms with E-state index < -0.39 is 0 Å². The standard InChI is InChI=1S/C15H12ClN5O/c1-10-2-4-11(5-3-10)19-15(22)14-12(16)6-7-13(20-14)21-8-17-18-9-21/h2-9H,1H3,(H,19,22). The number of halogens is 1. The van der Waals surface area contributed by atoms with Crippen LogP contribution in [-0.2, 0) is 0 Å². The van der Waals surface area contributed by atoms with Gasteiger partial charge in [0.1, 0.15) is 24.2 Å². The van der Waals surface area contributed by atoms with E-state index in [1.807, 2.05) is 31.2 Å². The molecule has 0 aliphatic carbocycles. The molecule has 3 aromatic rings. The van der Waals surface area contributed by atoms with Gasteiger partial charge in [-0.15, -0.1) is 10.2 Å². The van der Waals surface area contributed by atoms with Gasteiger partial charge in [-0.3, -0.25) is 9.36 Å². The van der Waals surface area contributed by atoms with Crippen molar-refractivity contribution in [3.8, 4) is 5.82 Å². The molecule has 22 heavy (non-hydrogen) atoms. The predicted molar refractivity (Wildman–Crippen MR) is 83.3 cm³/mol. The lowest BCUT2D eigenvalue weighted by Gasteiger charge is -2.08. The second-order valence-electron chi connectivity index (χ2n) is 4.69. The molecule has 1 aromatic carbocycles. The molecule has 0 atom stereocenters. The predicted octanol–water partition coefficient (Wildman–Crippen LogP) is 2.88. The Morgan fingerprint density at radius 3 is 2.45 bits per heavy atom. The molecule has 0 radical (unpaired) electrons. The fourth-order valence-electron chi connectivity index (χ4n) is 1.88. The SMILES string of the molecule is Cc1ccc(NC(=O)c2nc(-n3cnnc3)ccc2Cl)cc1. The summed E-state index contributed by atoms with van der Waals surface area (Å²) in [5, 5.41) is 10.5. The molecule has 0 aliphatic rings. The summed E-state index contributed by atoms with van der Waals surface area (Å²) < 4.78 is 1.60. The van der Waals surface area contributed by atoms with Crippen LogP contribution in [0.2, 0.25) is 5.02 Å². The molecule has 3 rings (SSSR count). The molecule has 0 saturated heterocycles. The number of benzene rings is 1. The first kappa shape index (κ1) is 14.2. The van der Waals surface area contributed by atoms with Crippen LogP contribution in [0.1, 0.15) is 16.1 Å². The summed E-state index contributed by atoms with van der Waals surface area (Å²) in [5.74, 6) is 0.146. The Kier molecular flexibility index (Phi) is 3.84. The van der Waals surface area contributed by atoms with E-state index in [9.17, 15) is 4.79 Å². The number of hydrogen-bond donors (Lipinski definition) is 1. The molecule has 0 bridgehead atoms. The van der Waals surface area contributed by atoms with Crippen LogP contribution < -0.4 is 5.32 Å². The minimum Gasteiger partial charge on any atom is -0.321 e.